The predicted molar refractivity (Wildman–Crippen MR) is 119 cm³/mol. The molecule has 1 amide bonds. The summed E-state index contributed by atoms with van der Waals surface area (Å²) in [5, 5.41) is 11.9. The summed E-state index contributed by atoms with van der Waals surface area (Å²) in [6, 6.07) is 13.6. The molecule has 1 N–H and O–H groups in total. The molecule has 0 bridgehead atoms. The highest BCUT2D eigenvalue weighted by atomic mass is 19.1. The van der Waals surface area contributed by atoms with E-state index in [-0.39, 0.29) is 17.0 Å². The average molecular weight is 447 g/mol. The largest absolute Gasteiger partial charge is 0.364 e. The first-order chi connectivity index (χ1) is 16.1. The lowest BCUT2D eigenvalue weighted by molar-refractivity contribution is 0.0621. The molecule has 0 aliphatic carbocycles. The molecule has 0 saturated carbocycles. The number of piperazine rings is 1. The van der Waals surface area contributed by atoms with Crippen molar-refractivity contribution in [1.29, 1.82) is 0 Å². The molecule has 0 atom stereocenters. The van der Waals surface area contributed by atoms with Gasteiger partial charge in [0, 0.05) is 50.6 Å². The Labute approximate surface area is 188 Å². The Balaban J connectivity index is 1.32. The quantitative estimate of drug-likeness (QED) is 0.505. The Kier molecular flexibility index (Phi) is 5.70. The molecule has 5 rings (SSSR count). The summed E-state index contributed by atoms with van der Waals surface area (Å²) in [5.41, 5.74) is 2.04. The highest BCUT2D eigenvalue weighted by Gasteiger charge is 2.25. The molecule has 2 aromatic carbocycles. The SMILES string of the molecule is O=C(c1cc(Cc2n[nH]c(=O)c3ccccc23)ccc1F)N1CCN(Cc2ccon2)CC1. The van der Waals surface area contributed by atoms with Gasteiger partial charge < -0.3 is 9.42 Å². The maximum absolute atomic E-state index is 14.6. The van der Waals surface area contributed by atoms with Crippen molar-refractivity contribution >= 4 is 16.7 Å². The molecule has 168 valence electrons. The number of aromatic amines is 1. The molecule has 1 aliphatic rings. The number of hydrogen-bond acceptors (Lipinski definition) is 6. The van der Waals surface area contributed by atoms with Crippen molar-refractivity contribution in [3.63, 3.8) is 0 Å². The van der Waals surface area contributed by atoms with Gasteiger partial charge in [0.1, 0.15) is 12.1 Å². The van der Waals surface area contributed by atoms with E-state index in [2.05, 4.69) is 20.3 Å². The van der Waals surface area contributed by atoms with Gasteiger partial charge in [-0.3, -0.25) is 14.5 Å². The smallest absolute Gasteiger partial charge is 0.272 e. The number of nitrogens with one attached hydrogen (secondary N) is 1. The maximum atomic E-state index is 14.6. The molecule has 8 nitrogen and oxygen atoms in total. The number of carbonyl (C=O) groups excluding carboxylic acids is 1. The summed E-state index contributed by atoms with van der Waals surface area (Å²) in [4.78, 5) is 29.0. The normalized spacial score (nSPS) is 14.6. The van der Waals surface area contributed by atoms with Crippen LogP contribution in [0.1, 0.15) is 27.3 Å². The van der Waals surface area contributed by atoms with Gasteiger partial charge in [-0.25, -0.2) is 9.49 Å². The van der Waals surface area contributed by atoms with E-state index < -0.39 is 5.82 Å². The average Bonchev–Trinajstić information content (AvgIpc) is 3.35. The van der Waals surface area contributed by atoms with Crippen molar-refractivity contribution in [2.24, 2.45) is 0 Å². The first-order valence-corrected chi connectivity index (χ1v) is 10.7. The third kappa shape index (κ3) is 4.40. The minimum atomic E-state index is -0.548. The number of rotatable bonds is 5. The third-order valence-electron chi connectivity index (χ3n) is 5.94. The summed E-state index contributed by atoms with van der Waals surface area (Å²) in [6.45, 7) is 3.02. The number of amides is 1. The van der Waals surface area contributed by atoms with Crippen molar-refractivity contribution < 1.29 is 13.7 Å². The summed E-state index contributed by atoms with van der Waals surface area (Å²) >= 11 is 0. The molecule has 33 heavy (non-hydrogen) atoms. The van der Waals surface area contributed by atoms with Gasteiger partial charge in [-0.2, -0.15) is 5.10 Å². The Morgan fingerprint density at radius 1 is 1.06 bits per heavy atom. The van der Waals surface area contributed by atoms with Crippen LogP contribution in [0.4, 0.5) is 4.39 Å². The molecule has 1 saturated heterocycles. The molecule has 4 aromatic rings. The van der Waals surface area contributed by atoms with Gasteiger partial charge in [0.2, 0.25) is 0 Å². The van der Waals surface area contributed by atoms with Crippen LogP contribution in [0.15, 0.2) is 64.1 Å². The van der Waals surface area contributed by atoms with Gasteiger partial charge in [-0.05, 0) is 23.8 Å². The second kappa shape index (κ2) is 8.95. The number of nitrogens with zero attached hydrogens (tertiary/aromatic N) is 4. The van der Waals surface area contributed by atoms with Crippen molar-refractivity contribution in [3.05, 3.63) is 93.5 Å². The lowest BCUT2D eigenvalue weighted by atomic mass is 10.0. The van der Waals surface area contributed by atoms with Crippen molar-refractivity contribution in [1.82, 2.24) is 25.2 Å². The second-order valence-corrected chi connectivity index (χ2v) is 8.10. The predicted octanol–water partition coefficient (Wildman–Crippen LogP) is 2.60. The maximum Gasteiger partial charge on any atom is 0.272 e. The number of benzene rings is 2. The molecule has 0 unspecified atom stereocenters. The Bertz CT molecular complexity index is 1340. The minimum Gasteiger partial charge on any atom is -0.364 e. The topological polar surface area (TPSA) is 95.3 Å². The van der Waals surface area contributed by atoms with Crippen molar-refractivity contribution in [2.75, 3.05) is 26.2 Å². The van der Waals surface area contributed by atoms with Gasteiger partial charge in [-0.15, -0.1) is 0 Å². The van der Waals surface area contributed by atoms with E-state index in [0.29, 0.717) is 50.2 Å². The Hall–Kier alpha value is -3.85. The van der Waals surface area contributed by atoms with Crippen LogP contribution in [-0.2, 0) is 13.0 Å². The van der Waals surface area contributed by atoms with Crippen LogP contribution in [0.25, 0.3) is 10.8 Å². The zero-order valence-electron chi connectivity index (χ0n) is 17.8. The van der Waals surface area contributed by atoms with Crippen molar-refractivity contribution in [3.8, 4) is 0 Å². The van der Waals surface area contributed by atoms with E-state index in [9.17, 15) is 14.0 Å². The van der Waals surface area contributed by atoms with E-state index in [0.717, 1.165) is 16.6 Å². The number of halogens is 1. The van der Waals surface area contributed by atoms with Crippen LogP contribution >= 0.6 is 0 Å². The zero-order chi connectivity index (χ0) is 22.8. The lowest BCUT2D eigenvalue weighted by Gasteiger charge is -2.34. The fourth-order valence-corrected chi connectivity index (χ4v) is 4.17. The Morgan fingerprint density at radius 2 is 1.85 bits per heavy atom. The fourth-order valence-electron chi connectivity index (χ4n) is 4.17. The molecule has 0 spiro atoms. The molecular formula is C24H22FN5O3. The van der Waals surface area contributed by atoms with E-state index in [4.69, 9.17) is 4.52 Å². The molecule has 3 heterocycles. The van der Waals surface area contributed by atoms with E-state index >= 15 is 0 Å². The van der Waals surface area contributed by atoms with Crippen LogP contribution in [-0.4, -0.2) is 57.2 Å². The van der Waals surface area contributed by atoms with E-state index in [1.54, 1.807) is 29.2 Å². The van der Waals surface area contributed by atoms with Crippen LogP contribution < -0.4 is 5.56 Å². The number of carbonyl (C=O) groups is 1. The second-order valence-electron chi connectivity index (χ2n) is 8.10. The molecular weight excluding hydrogens is 425 g/mol. The van der Waals surface area contributed by atoms with Gasteiger partial charge in [0.25, 0.3) is 11.5 Å². The lowest BCUT2D eigenvalue weighted by Crippen LogP contribution is -2.48. The van der Waals surface area contributed by atoms with Crippen LogP contribution in [0.2, 0.25) is 0 Å². The number of H-pyrrole nitrogens is 1. The summed E-state index contributed by atoms with van der Waals surface area (Å²) in [5.74, 6) is -0.872. The van der Waals surface area contributed by atoms with Crippen LogP contribution in [0, 0.1) is 5.82 Å². The molecule has 0 radical (unpaired) electrons. The van der Waals surface area contributed by atoms with Gasteiger partial charge in [0.05, 0.1) is 22.3 Å². The first-order valence-electron chi connectivity index (χ1n) is 10.7. The van der Waals surface area contributed by atoms with Gasteiger partial charge >= 0.3 is 0 Å². The standard InChI is InChI=1S/C24H22FN5O3/c25-21-6-5-16(14-22-18-3-1-2-4-19(18)23(31)27-26-22)13-20(21)24(32)30-10-8-29(9-11-30)15-17-7-12-33-28-17/h1-7,12-13H,8-11,14-15H2,(H,27,31). The number of fused-ring (bicyclic) bond motifs is 1. The fraction of sp³-hybridized carbons (Fsp3) is 0.250. The summed E-state index contributed by atoms with van der Waals surface area (Å²) in [7, 11) is 0. The summed E-state index contributed by atoms with van der Waals surface area (Å²) < 4.78 is 19.5. The van der Waals surface area contributed by atoms with E-state index in [1.807, 2.05) is 18.2 Å². The Morgan fingerprint density at radius 3 is 2.61 bits per heavy atom. The number of aromatic nitrogens is 3. The highest BCUT2D eigenvalue weighted by molar-refractivity contribution is 5.95. The minimum absolute atomic E-state index is 0.0474. The highest BCUT2D eigenvalue weighted by Crippen LogP contribution is 2.20. The van der Waals surface area contributed by atoms with Gasteiger partial charge in [-0.1, -0.05) is 29.4 Å². The molecule has 9 heteroatoms. The van der Waals surface area contributed by atoms with Crippen LogP contribution in [0.5, 0.6) is 0 Å². The van der Waals surface area contributed by atoms with Gasteiger partial charge in [0.15, 0.2) is 0 Å². The third-order valence-corrected chi connectivity index (χ3v) is 5.94. The van der Waals surface area contributed by atoms with E-state index in [1.165, 1.54) is 12.3 Å². The number of hydrogen-bond donors (Lipinski definition) is 1. The molecule has 1 aliphatic heterocycles. The summed E-state index contributed by atoms with van der Waals surface area (Å²) in [6.07, 6.45) is 1.90. The first kappa shape index (κ1) is 21.0. The monoisotopic (exact) mass is 447 g/mol. The molecule has 2 aromatic heterocycles. The van der Waals surface area contributed by atoms with Crippen LogP contribution in [0.3, 0.4) is 0 Å². The van der Waals surface area contributed by atoms with Crippen molar-refractivity contribution in [2.45, 2.75) is 13.0 Å². The molecule has 1 fully saturated rings. The zero-order valence-corrected chi connectivity index (χ0v) is 17.8.